The van der Waals surface area contributed by atoms with Crippen LogP contribution >= 0.6 is 0 Å². The van der Waals surface area contributed by atoms with E-state index in [2.05, 4.69) is 19.9 Å². The van der Waals surface area contributed by atoms with Crippen molar-refractivity contribution in [2.75, 3.05) is 19.5 Å². The molecule has 0 spiro atoms. The van der Waals surface area contributed by atoms with Gasteiger partial charge in [0, 0.05) is 18.2 Å². The van der Waals surface area contributed by atoms with Crippen LogP contribution in [-0.4, -0.2) is 42.5 Å². The predicted octanol–water partition coefficient (Wildman–Crippen LogP) is 3.02. The van der Waals surface area contributed by atoms with E-state index in [1.807, 2.05) is 0 Å². The molecule has 0 atom stereocenters. The minimum absolute atomic E-state index is 0.198. The van der Waals surface area contributed by atoms with E-state index >= 15 is 0 Å². The van der Waals surface area contributed by atoms with Gasteiger partial charge in [0.05, 0.1) is 31.2 Å². The summed E-state index contributed by atoms with van der Waals surface area (Å²) in [7, 11) is 2.26. The second kappa shape index (κ2) is 9.85. The Labute approximate surface area is 184 Å². The molecule has 0 bridgehead atoms. The van der Waals surface area contributed by atoms with E-state index in [0.717, 1.165) is 48.2 Å². The number of benzene rings is 2. The Morgan fingerprint density at radius 2 is 1.73 bits per heavy atom. The van der Waals surface area contributed by atoms with Crippen molar-refractivity contribution in [2.45, 2.75) is 6.61 Å². The zero-order chi connectivity index (χ0) is 24.1. The highest BCUT2D eigenvalue weighted by Crippen LogP contribution is 2.35. The highest BCUT2D eigenvalue weighted by Gasteiger charge is 2.22. The molecule has 0 aliphatic heterocycles. The molecule has 0 saturated carbocycles. The molecule has 3 rings (SSSR count). The van der Waals surface area contributed by atoms with Crippen LogP contribution in [0.4, 0.5) is 18.9 Å². The summed E-state index contributed by atoms with van der Waals surface area (Å²) in [6.45, 7) is -3.20. The van der Waals surface area contributed by atoms with Crippen LogP contribution in [0.1, 0.15) is 20.8 Å². The van der Waals surface area contributed by atoms with Crippen LogP contribution < -0.4 is 20.3 Å². The van der Waals surface area contributed by atoms with E-state index in [1.54, 1.807) is 0 Å². The van der Waals surface area contributed by atoms with Crippen molar-refractivity contribution in [3.8, 4) is 17.2 Å². The highest BCUT2D eigenvalue weighted by atomic mass is 19.3. The second-order valence-corrected chi connectivity index (χ2v) is 6.32. The largest absolute Gasteiger partial charge is 0.493 e. The topological polar surface area (TPSA) is 109 Å². The molecule has 0 fully saturated rings. The van der Waals surface area contributed by atoms with Gasteiger partial charge in [-0.15, -0.1) is 0 Å². The van der Waals surface area contributed by atoms with E-state index in [1.165, 1.54) is 19.2 Å². The summed E-state index contributed by atoms with van der Waals surface area (Å²) < 4.78 is 53.6. The summed E-state index contributed by atoms with van der Waals surface area (Å²) in [5, 5.41) is 6.30. The van der Waals surface area contributed by atoms with Crippen LogP contribution in [0.25, 0.3) is 5.69 Å². The molecule has 172 valence electrons. The lowest BCUT2D eigenvalue weighted by Gasteiger charge is -2.15. The molecule has 1 N–H and O–H groups in total. The first-order valence-corrected chi connectivity index (χ1v) is 9.16. The lowest BCUT2D eigenvalue weighted by molar-refractivity contribution is -0.0511. The van der Waals surface area contributed by atoms with Crippen LogP contribution in [0.3, 0.4) is 0 Å². The van der Waals surface area contributed by atoms with Crippen molar-refractivity contribution in [1.82, 2.24) is 9.78 Å². The number of aromatic nitrogens is 2. The average Bonchev–Trinajstić information content (AvgIpc) is 2.79. The van der Waals surface area contributed by atoms with E-state index in [9.17, 15) is 27.6 Å². The normalized spacial score (nSPS) is 10.6. The number of rotatable bonds is 7. The minimum Gasteiger partial charge on any atom is -0.493 e. The number of alkyl halides is 2. The van der Waals surface area contributed by atoms with Gasteiger partial charge in [0.2, 0.25) is 0 Å². The zero-order valence-corrected chi connectivity index (χ0v) is 17.2. The van der Waals surface area contributed by atoms with E-state index in [-0.39, 0.29) is 28.4 Å². The zero-order valence-electron chi connectivity index (χ0n) is 17.2. The summed E-state index contributed by atoms with van der Waals surface area (Å²) >= 11 is 0. The summed E-state index contributed by atoms with van der Waals surface area (Å²) in [5.74, 6) is -2.95. The number of nitrogens with one attached hydrogen (secondary N) is 1. The third kappa shape index (κ3) is 5.29. The Balaban J connectivity index is 2.01. The number of methoxy groups -OCH3 is 2. The SMILES string of the molecule is COC(=O)c1cc(OC)c(OC(F)F)cc1NC(=O)c1ccc(=O)n(-c2ccc(F)cc2)n1. The van der Waals surface area contributed by atoms with Crippen molar-refractivity contribution in [3.05, 3.63) is 76.0 Å². The summed E-state index contributed by atoms with van der Waals surface area (Å²) in [6.07, 6.45) is 0. The Hall–Kier alpha value is -4.35. The lowest BCUT2D eigenvalue weighted by atomic mass is 10.1. The maximum absolute atomic E-state index is 13.2. The number of carbonyl (C=O) groups is 2. The number of carbonyl (C=O) groups excluding carboxylic acids is 2. The third-order valence-electron chi connectivity index (χ3n) is 4.28. The maximum atomic E-state index is 13.2. The number of amides is 1. The molecule has 0 radical (unpaired) electrons. The Kier molecular flexibility index (Phi) is 6.96. The Morgan fingerprint density at radius 3 is 2.33 bits per heavy atom. The van der Waals surface area contributed by atoms with Gasteiger partial charge in [0.1, 0.15) is 11.5 Å². The molecule has 0 saturated heterocycles. The van der Waals surface area contributed by atoms with Crippen LogP contribution in [0.15, 0.2) is 53.3 Å². The predicted molar refractivity (Wildman–Crippen MR) is 109 cm³/mol. The molecular formula is C21H16F3N3O6. The molecule has 1 aromatic heterocycles. The van der Waals surface area contributed by atoms with Crippen LogP contribution in [0, 0.1) is 5.82 Å². The van der Waals surface area contributed by atoms with Gasteiger partial charge < -0.3 is 19.5 Å². The average molecular weight is 463 g/mol. The summed E-state index contributed by atoms with van der Waals surface area (Å²) in [6, 6.07) is 9.01. The number of anilines is 1. The molecule has 2 aromatic carbocycles. The van der Waals surface area contributed by atoms with Gasteiger partial charge >= 0.3 is 12.6 Å². The molecule has 9 nitrogen and oxygen atoms in total. The van der Waals surface area contributed by atoms with E-state index < -0.39 is 35.6 Å². The van der Waals surface area contributed by atoms with Gasteiger partial charge in [-0.25, -0.2) is 9.18 Å². The van der Waals surface area contributed by atoms with Crippen molar-refractivity contribution < 1.29 is 37.0 Å². The standard InChI is InChI=1S/C21H16F3N3O6/c1-31-16-9-13(20(30)32-2)15(10-17(16)33-21(23)24)25-19(29)14-7-8-18(28)27(26-14)12-5-3-11(22)4-6-12/h3-10,21H,1-2H3,(H,25,29). The molecule has 12 heteroatoms. The number of ether oxygens (including phenoxy) is 3. The summed E-state index contributed by atoms with van der Waals surface area (Å²) in [5.41, 5.74) is -1.10. The van der Waals surface area contributed by atoms with Crippen molar-refractivity contribution >= 4 is 17.6 Å². The monoisotopic (exact) mass is 463 g/mol. The molecule has 1 heterocycles. The number of hydrogen-bond donors (Lipinski definition) is 1. The van der Waals surface area contributed by atoms with Crippen molar-refractivity contribution in [2.24, 2.45) is 0 Å². The molecule has 1 amide bonds. The van der Waals surface area contributed by atoms with E-state index in [0.29, 0.717) is 0 Å². The van der Waals surface area contributed by atoms with Crippen molar-refractivity contribution in [1.29, 1.82) is 0 Å². The number of nitrogens with zero attached hydrogens (tertiary/aromatic N) is 2. The number of esters is 1. The first-order valence-electron chi connectivity index (χ1n) is 9.16. The number of halogens is 3. The van der Waals surface area contributed by atoms with Gasteiger partial charge in [-0.1, -0.05) is 0 Å². The maximum Gasteiger partial charge on any atom is 0.387 e. The Bertz CT molecular complexity index is 1240. The number of hydrogen-bond acceptors (Lipinski definition) is 7. The fourth-order valence-corrected chi connectivity index (χ4v) is 2.78. The minimum atomic E-state index is -3.20. The van der Waals surface area contributed by atoms with Crippen molar-refractivity contribution in [3.63, 3.8) is 0 Å². The van der Waals surface area contributed by atoms with E-state index in [4.69, 9.17) is 4.74 Å². The molecule has 0 aliphatic carbocycles. The summed E-state index contributed by atoms with van der Waals surface area (Å²) in [4.78, 5) is 37.1. The van der Waals surface area contributed by atoms with Gasteiger partial charge in [-0.05, 0) is 30.3 Å². The van der Waals surface area contributed by atoms with Gasteiger partial charge in [0.25, 0.3) is 11.5 Å². The van der Waals surface area contributed by atoms with Crippen LogP contribution in [-0.2, 0) is 4.74 Å². The van der Waals surface area contributed by atoms with Gasteiger partial charge in [-0.2, -0.15) is 18.6 Å². The Morgan fingerprint density at radius 1 is 1.03 bits per heavy atom. The molecule has 0 unspecified atom stereocenters. The fraction of sp³-hybridized carbons (Fsp3) is 0.143. The first kappa shape index (κ1) is 23.3. The molecule has 3 aromatic rings. The quantitative estimate of drug-likeness (QED) is 0.537. The highest BCUT2D eigenvalue weighted by molar-refractivity contribution is 6.07. The van der Waals surface area contributed by atoms with Crippen LogP contribution in [0.5, 0.6) is 11.5 Å². The fourth-order valence-electron chi connectivity index (χ4n) is 2.78. The molecule has 0 aliphatic rings. The molecular weight excluding hydrogens is 447 g/mol. The van der Waals surface area contributed by atoms with Gasteiger partial charge in [0.15, 0.2) is 11.5 Å². The van der Waals surface area contributed by atoms with Crippen LogP contribution in [0.2, 0.25) is 0 Å². The third-order valence-corrected chi connectivity index (χ3v) is 4.28. The van der Waals surface area contributed by atoms with Gasteiger partial charge in [-0.3, -0.25) is 9.59 Å². The molecule has 33 heavy (non-hydrogen) atoms. The smallest absolute Gasteiger partial charge is 0.387 e. The first-order chi connectivity index (χ1) is 15.7. The lowest BCUT2D eigenvalue weighted by Crippen LogP contribution is -2.25. The second-order valence-electron chi connectivity index (χ2n) is 6.32.